The third-order valence-corrected chi connectivity index (χ3v) is 5.45. The Morgan fingerprint density at radius 1 is 1.08 bits per heavy atom. The Hall–Kier alpha value is -2.28. The molecule has 1 saturated carbocycles. The van der Waals surface area contributed by atoms with Gasteiger partial charge in [-0.1, -0.05) is 0 Å². The number of nitrogens with zero attached hydrogens (tertiary/aromatic N) is 5. The van der Waals surface area contributed by atoms with Crippen molar-refractivity contribution in [2.45, 2.75) is 44.7 Å². The van der Waals surface area contributed by atoms with E-state index in [-0.39, 0.29) is 11.1 Å². The summed E-state index contributed by atoms with van der Waals surface area (Å²) in [5, 5.41) is 8.66. The van der Waals surface area contributed by atoms with E-state index < -0.39 is 0 Å². The molecule has 0 unspecified atom stereocenters. The van der Waals surface area contributed by atoms with Crippen LogP contribution in [0.1, 0.15) is 42.9 Å². The van der Waals surface area contributed by atoms with E-state index in [9.17, 15) is 9.59 Å². The highest BCUT2D eigenvalue weighted by Gasteiger charge is 2.26. The zero-order valence-corrected chi connectivity index (χ0v) is 15.2. The van der Waals surface area contributed by atoms with Crippen LogP contribution in [0.5, 0.6) is 0 Å². The molecule has 1 aliphatic heterocycles. The van der Waals surface area contributed by atoms with Gasteiger partial charge in [-0.2, -0.15) is 10.2 Å². The van der Waals surface area contributed by atoms with Crippen molar-refractivity contribution in [1.82, 2.24) is 24.5 Å². The lowest BCUT2D eigenvalue weighted by molar-refractivity contribution is 0.163. The van der Waals surface area contributed by atoms with Gasteiger partial charge in [0, 0.05) is 38.2 Å². The van der Waals surface area contributed by atoms with Crippen molar-refractivity contribution in [2.75, 3.05) is 13.1 Å². The molecule has 26 heavy (non-hydrogen) atoms. The van der Waals surface area contributed by atoms with Crippen molar-refractivity contribution in [1.29, 1.82) is 0 Å². The number of likely N-dealkylation sites (tertiary alicyclic amines) is 1. The third kappa shape index (κ3) is 3.93. The summed E-state index contributed by atoms with van der Waals surface area (Å²) in [5.41, 5.74) is 1.96. The molecule has 0 atom stereocenters. The smallest absolute Gasteiger partial charge is 0.266 e. The maximum absolute atomic E-state index is 12.1. The molecule has 7 heteroatoms. The van der Waals surface area contributed by atoms with Gasteiger partial charge in [-0.3, -0.25) is 14.5 Å². The zero-order valence-electron chi connectivity index (χ0n) is 15.2. The molecule has 0 radical (unpaired) electrons. The van der Waals surface area contributed by atoms with E-state index in [4.69, 9.17) is 0 Å². The van der Waals surface area contributed by atoms with Gasteiger partial charge in [0.15, 0.2) is 0 Å². The molecule has 2 fully saturated rings. The predicted octanol–water partition coefficient (Wildman–Crippen LogP) is 1.13. The van der Waals surface area contributed by atoms with Gasteiger partial charge in [0.25, 0.3) is 11.1 Å². The minimum absolute atomic E-state index is 0.00281. The Labute approximate surface area is 152 Å². The molecule has 1 aliphatic carbocycles. The second-order valence-electron chi connectivity index (χ2n) is 7.60. The van der Waals surface area contributed by atoms with E-state index in [1.54, 1.807) is 30.1 Å². The van der Waals surface area contributed by atoms with Crippen molar-refractivity contribution in [3.63, 3.8) is 0 Å². The average Bonchev–Trinajstić information content (AvgIpc) is 3.47. The number of aromatic nitrogens is 4. The van der Waals surface area contributed by atoms with Crippen LogP contribution in [0.25, 0.3) is 0 Å². The highest BCUT2D eigenvalue weighted by Crippen LogP contribution is 2.38. The Balaban J connectivity index is 1.33. The second-order valence-corrected chi connectivity index (χ2v) is 7.60. The van der Waals surface area contributed by atoms with Crippen LogP contribution in [0.15, 0.2) is 34.0 Å². The summed E-state index contributed by atoms with van der Waals surface area (Å²) in [4.78, 5) is 26.1. The molecule has 2 aliphatic rings. The molecule has 3 heterocycles. The summed E-state index contributed by atoms with van der Waals surface area (Å²) in [7, 11) is 1.66. The topological polar surface area (TPSA) is 73.0 Å². The van der Waals surface area contributed by atoms with Crippen molar-refractivity contribution >= 4 is 0 Å². The number of piperidine rings is 1. The van der Waals surface area contributed by atoms with Gasteiger partial charge in [0.1, 0.15) is 0 Å². The lowest BCUT2D eigenvalue weighted by Gasteiger charge is -2.31. The van der Waals surface area contributed by atoms with Crippen molar-refractivity contribution in [2.24, 2.45) is 13.0 Å². The van der Waals surface area contributed by atoms with Crippen LogP contribution in [0.2, 0.25) is 0 Å². The highest BCUT2D eigenvalue weighted by molar-refractivity contribution is 5.12. The van der Waals surface area contributed by atoms with E-state index in [0.717, 1.165) is 43.7 Å². The fraction of sp³-hybridized carbons (Fsp3) is 0.579. The molecule has 4 rings (SSSR count). The highest BCUT2D eigenvalue weighted by atomic mass is 16.1. The van der Waals surface area contributed by atoms with Crippen LogP contribution in [-0.2, 0) is 20.1 Å². The van der Waals surface area contributed by atoms with Crippen LogP contribution in [0.4, 0.5) is 0 Å². The second kappa shape index (κ2) is 7.15. The quantitative estimate of drug-likeness (QED) is 0.804. The van der Waals surface area contributed by atoms with Crippen LogP contribution in [0.3, 0.4) is 0 Å². The summed E-state index contributed by atoms with van der Waals surface area (Å²) in [5.74, 6) is 1.04. The first-order chi connectivity index (χ1) is 12.6. The maximum atomic E-state index is 12.1. The molecule has 0 spiro atoms. The first kappa shape index (κ1) is 17.1. The Kier molecular flexibility index (Phi) is 4.72. The zero-order chi connectivity index (χ0) is 18.1. The van der Waals surface area contributed by atoms with Crippen molar-refractivity contribution in [3.05, 3.63) is 56.4 Å². The number of rotatable bonds is 5. The van der Waals surface area contributed by atoms with Gasteiger partial charge >= 0.3 is 0 Å². The van der Waals surface area contributed by atoms with E-state index in [1.165, 1.54) is 17.5 Å². The molecule has 0 bridgehead atoms. The standard InChI is InChI=1S/C19H25N5O2/c1-22-19(26)10-15(11-20-22)12-23-8-6-14(7-9-23)13-24-18(25)5-4-17(21-24)16-2-3-16/h4-5,10-11,14,16H,2-3,6-9,12-13H2,1H3. The van der Waals surface area contributed by atoms with Gasteiger partial charge in [0.2, 0.25) is 0 Å². The van der Waals surface area contributed by atoms with Crippen molar-refractivity contribution < 1.29 is 0 Å². The molecule has 2 aromatic heterocycles. The molecule has 7 nitrogen and oxygen atoms in total. The number of aryl methyl sites for hydroxylation is 1. The fourth-order valence-electron chi connectivity index (χ4n) is 3.62. The van der Waals surface area contributed by atoms with E-state index in [0.29, 0.717) is 18.4 Å². The number of hydrogen-bond donors (Lipinski definition) is 0. The molecule has 2 aromatic rings. The Morgan fingerprint density at radius 2 is 1.85 bits per heavy atom. The monoisotopic (exact) mass is 355 g/mol. The molecule has 0 aromatic carbocycles. The summed E-state index contributed by atoms with van der Waals surface area (Å²) in [6.45, 7) is 3.40. The molecule has 0 amide bonds. The summed E-state index contributed by atoms with van der Waals surface area (Å²) >= 11 is 0. The van der Waals surface area contributed by atoms with Gasteiger partial charge < -0.3 is 0 Å². The minimum Gasteiger partial charge on any atom is -0.299 e. The third-order valence-electron chi connectivity index (χ3n) is 5.45. The molecular formula is C19H25N5O2. The van der Waals surface area contributed by atoms with Crippen LogP contribution in [-0.4, -0.2) is 37.6 Å². The summed E-state index contributed by atoms with van der Waals surface area (Å²) in [6.07, 6.45) is 6.24. The van der Waals surface area contributed by atoms with Gasteiger partial charge in [-0.25, -0.2) is 9.36 Å². The van der Waals surface area contributed by atoms with Gasteiger partial charge in [-0.15, -0.1) is 0 Å². The minimum atomic E-state index is -0.0709. The normalized spacial score (nSPS) is 19.0. The summed E-state index contributed by atoms with van der Waals surface area (Å²) in [6, 6.07) is 5.21. The predicted molar refractivity (Wildman–Crippen MR) is 98.0 cm³/mol. The first-order valence-electron chi connectivity index (χ1n) is 9.41. The molecule has 1 saturated heterocycles. The van der Waals surface area contributed by atoms with Gasteiger partial charge in [0.05, 0.1) is 11.9 Å². The van der Waals surface area contributed by atoms with Gasteiger partial charge in [-0.05, 0) is 56.3 Å². The maximum Gasteiger partial charge on any atom is 0.266 e. The van der Waals surface area contributed by atoms with Crippen LogP contribution >= 0.6 is 0 Å². The average molecular weight is 355 g/mol. The van der Waals surface area contributed by atoms with E-state index in [1.807, 2.05) is 6.07 Å². The summed E-state index contributed by atoms with van der Waals surface area (Å²) < 4.78 is 3.01. The largest absolute Gasteiger partial charge is 0.299 e. The Morgan fingerprint density at radius 3 is 2.54 bits per heavy atom. The molecule has 0 N–H and O–H groups in total. The SMILES string of the molecule is Cn1ncc(CN2CCC(Cn3nc(C4CC4)ccc3=O)CC2)cc1=O. The Bertz CT molecular complexity index is 891. The lowest BCUT2D eigenvalue weighted by atomic mass is 9.96. The first-order valence-corrected chi connectivity index (χ1v) is 9.41. The van der Waals surface area contributed by atoms with Crippen LogP contribution in [0, 0.1) is 5.92 Å². The van der Waals surface area contributed by atoms with E-state index >= 15 is 0 Å². The number of hydrogen-bond acceptors (Lipinski definition) is 5. The van der Waals surface area contributed by atoms with Crippen molar-refractivity contribution in [3.8, 4) is 0 Å². The van der Waals surface area contributed by atoms with E-state index in [2.05, 4.69) is 15.1 Å². The van der Waals surface area contributed by atoms with Crippen LogP contribution < -0.4 is 11.1 Å². The molecule has 138 valence electrons. The lowest BCUT2D eigenvalue weighted by Crippen LogP contribution is -2.37. The fourth-order valence-corrected chi connectivity index (χ4v) is 3.62. The molecular weight excluding hydrogens is 330 g/mol.